The van der Waals surface area contributed by atoms with Gasteiger partial charge in [0, 0.05) is 24.2 Å². The summed E-state index contributed by atoms with van der Waals surface area (Å²) in [6, 6.07) is 11.4. The third-order valence-electron chi connectivity index (χ3n) is 4.75. The van der Waals surface area contributed by atoms with Gasteiger partial charge in [-0.25, -0.2) is 0 Å². The molecule has 31 heavy (non-hydrogen) atoms. The molecule has 0 aromatic heterocycles. The van der Waals surface area contributed by atoms with Crippen LogP contribution in [0.1, 0.15) is 30.9 Å². The maximum Gasteiger partial charge on any atom is 0.276 e. The van der Waals surface area contributed by atoms with Crippen LogP contribution < -0.4 is 14.8 Å². The van der Waals surface area contributed by atoms with Crippen molar-refractivity contribution >= 4 is 35.0 Å². The zero-order valence-electron chi connectivity index (χ0n) is 17.3. The van der Waals surface area contributed by atoms with E-state index in [0.29, 0.717) is 28.9 Å². The number of carbonyl (C=O) groups excluding carboxylic acids is 1. The molecule has 0 unspecified atom stereocenters. The molecule has 0 bridgehead atoms. The van der Waals surface area contributed by atoms with Gasteiger partial charge in [0.1, 0.15) is 23.8 Å². The average molecular weight is 442 g/mol. The topological polar surface area (TPSA) is 93.9 Å². The lowest BCUT2D eigenvalue weighted by Crippen LogP contribution is -2.31. The number of nitro benzene ring substituents is 1. The number of unbranched alkanes of at least 4 members (excludes halogenated alkanes) is 1. The highest BCUT2D eigenvalue weighted by molar-refractivity contribution is 7.80. The summed E-state index contributed by atoms with van der Waals surface area (Å²) < 4.78 is 11.2. The smallest absolute Gasteiger partial charge is 0.276 e. The fraction of sp³-hybridized carbons (Fsp3) is 0.273. The summed E-state index contributed by atoms with van der Waals surface area (Å²) in [4.78, 5) is 24.5. The third-order valence-corrected chi connectivity index (χ3v) is 5.08. The van der Waals surface area contributed by atoms with Crippen LogP contribution in [0.25, 0.3) is 6.08 Å². The van der Waals surface area contributed by atoms with E-state index >= 15 is 0 Å². The number of ether oxygens (including phenoxy) is 2. The number of hydrogen-bond acceptors (Lipinski definition) is 6. The lowest BCUT2D eigenvalue weighted by atomic mass is 10.1. The number of amides is 1. The fourth-order valence-electron chi connectivity index (χ4n) is 3.08. The van der Waals surface area contributed by atoms with Crippen molar-refractivity contribution in [1.29, 1.82) is 0 Å². The second-order valence-electron chi connectivity index (χ2n) is 6.91. The molecule has 9 heteroatoms. The standard InChI is InChI=1S/C22H23N3O5S/c1-3-4-11-24-21(26)19(23-22(24)31)13-15-5-10-20(29-2)16(12-15)14-30-18-8-6-17(7-9-18)25(27)28/h5-10,12-13H,3-4,11,14H2,1-2H3,(H,23,31)/b19-13+. The zero-order chi connectivity index (χ0) is 22.4. The highest BCUT2D eigenvalue weighted by Gasteiger charge is 2.29. The van der Waals surface area contributed by atoms with Gasteiger partial charge in [0.2, 0.25) is 0 Å². The van der Waals surface area contributed by atoms with Gasteiger partial charge >= 0.3 is 0 Å². The molecule has 162 valence electrons. The van der Waals surface area contributed by atoms with Gasteiger partial charge in [0.15, 0.2) is 5.11 Å². The van der Waals surface area contributed by atoms with Crippen LogP contribution in [-0.2, 0) is 11.4 Å². The molecule has 3 rings (SSSR count). The van der Waals surface area contributed by atoms with Crippen molar-refractivity contribution in [3.05, 3.63) is 69.4 Å². The first-order valence-electron chi connectivity index (χ1n) is 9.81. The second kappa shape index (κ2) is 10.0. The monoisotopic (exact) mass is 441 g/mol. The van der Waals surface area contributed by atoms with Gasteiger partial charge in [-0.2, -0.15) is 0 Å². The van der Waals surface area contributed by atoms with Crippen molar-refractivity contribution in [2.75, 3.05) is 13.7 Å². The molecule has 0 atom stereocenters. The normalized spacial score (nSPS) is 14.6. The first kappa shape index (κ1) is 22.2. The van der Waals surface area contributed by atoms with E-state index in [1.54, 1.807) is 36.3 Å². The molecular formula is C22H23N3O5S. The molecule has 1 aliphatic rings. The zero-order valence-corrected chi connectivity index (χ0v) is 18.1. The van der Waals surface area contributed by atoms with E-state index in [9.17, 15) is 14.9 Å². The molecule has 0 spiro atoms. The molecule has 0 saturated carbocycles. The van der Waals surface area contributed by atoms with Crippen LogP contribution in [0.5, 0.6) is 11.5 Å². The molecule has 0 radical (unpaired) electrons. The maximum atomic E-state index is 12.6. The molecule has 1 amide bonds. The third kappa shape index (κ3) is 5.37. The Morgan fingerprint density at radius 2 is 1.97 bits per heavy atom. The quantitative estimate of drug-likeness (QED) is 0.272. The van der Waals surface area contributed by atoms with Crippen LogP contribution in [0.2, 0.25) is 0 Å². The highest BCUT2D eigenvalue weighted by Crippen LogP contribution is 2.25. The number of carbonyl (C=O) groups is 1. The molecule has 1 fully saturated rings. The first-order chi connectivity index (χ1) is 14.9. The van der Waals surface area contributed by atoms with Crippen LogP contribution >= 0.6 is 12.2 Å². The van der Waals surface area contributed by atoms with Gasteiger partial charge in [-0.05, 0) is 54.5 Å². The molecule has 2 aromatic carbocycles. The summed E-state index contributed by atoms with van der Waals surface area (Å²) in [5.41, 5.74) is 1.98. The largest absolute Gasteiger partial charge is 0.496 e. The Bertz CT molecular complexity index is 1020. The Hall–Kier alpha value is -3.46. The molecule has 2 aromatic rings. The molecule has 1 N–H and O–H groups in total. The van der Waals surface area contributed by atoms with Gasteiger partial charge in [0.25, 0.3) is 11.6 Å². The number of thiocarbonyl (C=S) groups is 1. The minimum Gasteiger partial charge on any atom is -0.496 e. The van der Waals surface area contributed by atoms with E-state index in [1.165, 1.54) is 12.1 Å². The van der Waals surface area contributed by atoms with Crippen LogP contribution in [0.15, 0.2) is 48.2 Å². The van der Waals surface area contributed by atoms with Gasteiger partial charge in [-0.15, -0.1) is 0 Å². The van der Waals surface area contributed by atoms with Crippen molar-refractivity contribution < 1.29 is 19.2 Å². The lowest BCUT2D eigenvalue weighted by Gasteiger charge is -2.12. The van der Waals surface area contributed by atoms with E-state index in [1.807, 2.05) is 12.1 Å². The molecule has 1 heterocycles. The number of rotatable bonds is 9. The number of benzene rings is 2. The summed E-state index contributed by atoms with van der Waals surface area (Å²) in [6.45, 7) is 2.85. The number of non-ortho nitro benzene ring substituents is 1. The van der Waals surface area contributed by atoms with Crippen molar-refractivity contribution in [2.45, 2.75) is 26.4 Å². The van der Waals surface area contributed by atoms with E-state index < -0.39 is 4.92 Å². The number of methoxy groups -OCH3 is 1. The average Bonchev–Trinajstić information content (AvgIpc) is 3.03. The van der Waals surface area contributed by atoms with Crippen molar-refractivity contribution in [3.63, 3.8) is 0 Å². The predicted molar refractivity (Wildman–Crippen MR) is 121 cm³/mol. The van der Waals surface area contributed by atoms with Gasteiger partial charge < -0.3 is 14.8 Å². The minimum absolute atomic E-state index is 0.00169. The SMILES string of the molecule is CCCCN1C(=O)/C(=C\c2ccc(OC)c(COc3ccc([N+](=O)[O-])cc3)c2)NC1=S. The van der Waals surface area contributed by atoms with Crippen LogP contribution in [0.4, 0.5) is 5.69 Å². The van der Waals surface area contributed by atoms with Crippen molar-refractivity contribution in [2.24, 2.45) is 0 Å². The Morgan fingerprint density at radius 3 is 2.61 bits per heavy atom. The Kier molecular flexibility index (Phi) is 7.19. The first-order valence-corrected chi connectivity index (χ1v) is 10.2. The van der Waals surface area contributed by atoms with Gasteiger partial charge in [-0.3, -0.25) is 19.8 Å². The molecule has 0 aliphatic carbocycles. The van der Waals surface area contributed by atoms with Crippen molar-refractivity contribution in [1.82, 2.24) is 10.2 Å². The Labute approximate surface area is 185 Å². The number of hydrogen-bond donors (Lipinski definition) is 1. The van der Waals surface area contributed by atoms with E-state index in [2.05, 4.69) is 12.2 Å². The molecule has 8 nitrogen and oxygen atoms in total. The maximum absolute atomic E-state index is 12.6. The van der Waals surface area contributed by atoms with E-state index in [0.717, 1.165) is 24.0 Å². The lowest BCUT2D eigenvalue weighted by molar-refractivity contribution is -0.384. The summed E-state index contributed by atoms with van der Waals surface area (Å²) in [5, 5.41) is 14.2. The van der Waals surface area contributed by atoms with E-state index in [-0.39, 0.29) is 18.2 Å². The summed E-state index contributed by atoms with van der Waals surface area (Å²) >= 11 is 5.28. The number of nitrogens with one attached hydrogen (secondary N) is 1. The molecular weight excluding hydrogens is 418 g/mol. The minimum atomic E-state index is -0.461. The summed E-state index contributed by atoms with van der Waals surface area (Å²) in [7, 11) is 1.56. The van der Waals surface area contributed by atoms with Gasteiger partial charge in [0.05, 0.1) is 12.0 Å². The number of nitro groups is 1. The second-order valence-corrected chi connectivity index (χ2v) is 7.30. The van der Waals surface area contributed by atoms with Crippen LogP contribution in [0, 0.1) is 10.1 Å². The fourth-order valence-corrected chi connectivity index (χ4v) is 3.37. The van der Waals surface area contributed by atoms with Crippen LogP contribution in [0.3, 0.4) is 0 Å². The molecule has 1 aliphatic heterocycles. The van der Waals surface area contributed by atoms with E-state index in [4.69, 9.17) is 21.7 Å². The molecule has 1 saturated heterocycles. The number of nitrogens with zero attached hydrogens (tertiary/aromatic N) is 2. The Balaban J connectivity index is 1.76. The van der Waals surface area contributed by atoms with Gasteiger partial charge in [-0.1, -0.05) is 19.4 Å². The van der Waals surface area contributed by atoms with Crippen molar-refractivity contribution in [3.8, 4) is 11.5 Å². The highest BCUT2D eigenvalue weighted by atomic mass is 32.1. The summed E-state index contributed by atoms with van der Waals surface area (Å²) in [5.74, 6) is 0.994. The summed E-state index contributed by atoms with van der Waals surface area (Å²) in [6.07, 6.45) is 3.60. The predicted octanol–water partition coefficient (Wildman–Crippen LogP) is 4.04. The van der Waals surface area contributed by atoms with Crippen LogP contribution in [-0.4, -0.2) is 34.5 Å². The Morgan fingerprint density at radius 1 is 1.23 bits per heavy atom.